The monoisotopic (exact) mass is 272 g/mol. The molecular weight excluding hydrogens is 257 g/mol. The second kappa shape index (κ2) is 5.81. The highest BCUT2D eigenvalue weighted by Crippen LogP contribution is 2.26. The Morgan fingerprint density at radius 1 is 1.29 bits per heavy atom. The van der Waals surface area contributed by atoms with Crippen LogP contribution < -0.4 is 10.6 Å². The number of nitrogens with one attached hydrogen (secondary N) is 2. The maximum absolute atomic E-state index is 11.8. The minimum atomic E-state index is -4.42. The fraction of sp³-hybridized carbons (Fsp3) is 0.889. The summed E-state index contributed by atoms with van der Waals surface area (Å²) in [5.41, 5.74) is -0.985. The van der Waals surface area contributed by atoms with E-state index in [0.717, 1.165) is 11.5 Å². The average molecular weight is 272 g/mol. The Balaban J connectivity index is 2.23. The fourth-order valence-electron chi connectivity index (χ4n) is 1.42. The summed E-state index contributed by atoms with van der Waals surface area (Å²) in [7, 11) is 0. The molecule has 0 aromatic rings. The van der Waals surface area contributed by atoms with Crippen molar-refractivity contribution in [3.05, 3.63) is 0 Å². The van der Waals surface area contributed by atoms with E-state index in [2.05, 4.69) is 5.32 Å². The van der Waals surface area contributed by atoms with E-state index in [1.54, 1.807) is 17.1 Å². The van der Waals surface area contributed by atoms with Gasteiger partial charge in [0.2, 0.25) is 0 Å². The molecule has 0 spiro atoms. The number of carbonyl (C=O) groups excluding carboxylic acids is 1. The Labute approximate surface area is 101 Å². The highest BCUT2D eigenvalue weighted by atomic mass is 32.2. The lowest BCUT2D eigenvalue weighted by Crippen LogP contribution is -2.49. The maximum atomic E-state index is 11.8. The van der Waals surface area contributed by atoms with E-state index in [9.17, 15) is 23.1 Å². The molecule has 0 radical (unpaired) electrons. The zero-order chi connectivity index (χ0) is 12.9. The Hall–Kier alpha value is -0.630. The standard InChI is InChI=1S/C9H15F3N2O2S/c10-9(11,12)6-14-7(15)13-5-8(16)1-3-17-4-2-8/h16H,1-6H2,(H2,13,14,15). The first-order valence-electron chi connectivity index (χ1n) is 5.19. The predicted molar refractivity (Wildman–Crippen MR) is 59.0 cm³/mol. The molecule has 1 aliphatic heterocycles. The van der Waals surface area contributed by atoms with E-state index in [4.69, 9.17) is 0 Å². The van der Waals surface area contributed by atoms with Crippen LogP contribution in [0.25, 0.3) is 0 Å². The summed E-state index contributed by atoms with van der Waals surface area (Å²) < 4.78 is 35.4. The topological polar surface area (TPSA) is 61.4 Å². The second-order valence-corrected chi connectivity index (χ2v) is 5.21. The minimum absolute atomic E-state index is 0.0166. The third-order valence-corrected chi connectivity index (χ3v) is 3.44. The summed E-state index contributed by atoms with van der Waals surface area (Å²) in [6.45, 7) is -1.38. The van der Waals surface area contributed by atoms with Gasteiger partial charge in [0.05, 0.1) is 5.60 Å². The fourth-order valence-corrected chi connectivity index (χ4v) is 2.67. The zero-order valence-electron chi connectivity index (χ0n) is 9.14. The lowest BCUT2D eigenvalue weighted by Gasteiger charge is -2.31. The van der Waals surface area contributed by atoms with E-state index in [1.807, 2.05) is 0 Å². The van der Waals surface area contributed by atoms with Gasteiger partial charge in [-0.3, -0.25) is 0 Å². The molecule has 0 aliphatic carbocycles. The average Bonchev–Trinajstić information content (AvgIpc) is 2.24. The van der Waals surface area contributed by atoms with Gasteiger partial charge >= 0.3 is 12.2 Å². The van der Waals surface area contributed by atoms with Gasteiger partial charge in [-0.05, 0) is 24.3 Å². The van der Waals surface area contributed by atoms with E-state index < -0.39 is 24.4 Å². The van der Waals surface area contributed by atoms with Crippen LogP contribution >= 0.6 is 11.8 Å². The van der Waals surface area contributed by atoms with Gasteiger partial charge in [-0.1, -0.05) is 0 Å². The molecule has 1 rings (SSSR count). The van der Waals surface area contributed by atoms with Crippen LogP contribution in [0.2, 0.25) is 0 Å². The summed E-state index contributed by atoms with van der Waals surface area (Å²) in [6, 6.07) is -0.908. The van der Waals surface area contributed by atoms with Gasteiger partial charge in [-0.25, -0.2) is 4.79 Å². The second-order valence-electron chi connectivity index (χ2n) is 3.99. The number of aliphatic hydroxyl groups is 1. The molecule has 1 aliphatic rings. The molecule has 100 valence electrons. The van der Waals surface area contributed by atoms with Crippen molar-refractivity contribution in [2.24, 2.45) is 0 Å². The first kappa shape index (κ1) is 14.4. The van der Waals surface area contributed by atoms with Gasteiger partial charge in [0.25, 0.3) is 0 Å². The number of rotatable bonds is 3. The SMILES string of the molecule is O=C(NCC(F)(F)F)NCC1(O)CCSCC1. The highest BCUT2D eigenvalue weighted by molar-refractivity contribution is 7.99. The number of hydrogen-bond donors (Lipinski definition) is 3. The van der Waals surface area contributed by atoms with E-state index >= 15 is 0 Å². The van der Waals surface area contributed by atoms with Crippen LogP contribution in [0.15, 0.2) is 0 Å². The van der Waals surface area contributed by atoms with Crippen LogP contribution in [0.1, 0.15) is 12.8 Å². The van der Waals surface area contributed by atoms with Crippen molar-refractivity contribution in [1.82, 2.24) is 10.6 Å². The van der Waals surface area contributed by atoms with E-state index in [1.165, 1.54) is 0 Å². The van der Waals surface area contributed by atoms with E-state index in [0.29, 0.717) is 12.8 Å². The molecule has 0 unspecified atom stereocenters. The largest absolute Gasteiger partial charge is 0.405 e. The van der Waals surface area contributed by atoms with Gasteiger partial charge in [-0.2, -0.15) is 24.9 Å². The molecule has 3 N–H and O–H groups in total. The highest BCUT2D eigenvalue weighted by Gasteiger charge is 2.31. The van der Waals surface area contributed by atoms with Crippen molar-refractivity contribution in [3.8, 4) is 0 Å². The smallest absolute Gasteiger partial charge is 0.388 e. The first-order valence-corrected chi connectivity index (χ1v) is 6.35. The van der Waals surface area contributed by atoms with Gasteiger partial charge in [-0.15, -0.1) is 0 Å². The van der Waals surface area contributed by atoms with Crippen LogP contribution in [-0.2, 0) is 0 Å². The van der Waals surface area contributed by atoms with Gasteiger partial charge in [0, 0.05) is 6.54 Å². The molecule has 1 fully saturated rings. The van der Waals surface area contributed by atoms with Crippen molar-refractivity contribution < 1.29 is 23.1 Å². The molecule has 1 heterocycles. The molecule has 0 atom stereocenters. The Morgan fingerprint density at radius 2 is 1.88 bits per heavy atom. The third-order valence-electron chi connectivity index (χ3n) is 2.45. The molecule has 0 aromatic carbocycles. The molecule has 0 saturated carbocycles. The van der Waals surface area contributed by atoms with Gasteiger partial charge in [0.1, 0.15) is 6.54 Å². The van der Waals surface area contributed by atoms with Crippen molar-refractivity contribution in [2.75, 3.05) is 24.6 Å². The Kier molecular flexibility index (Phi) is 4.93. The number of hydrogen-bond acceptors (Lipinski definition) is 3. The summed E-state index contributed by atoms with van der Waals surface area (Å²) in [6.07, 6.45) is -3.34. The zero-order valence-corrected chi connectivity index (χ0v) is 9.96. The van der Waals surface area contributed by atoms with Crippen LogP contribution in [-0.4, -0.2) is 47.5 Å². The van der Waals surface area contributed by atoms with Gasteiger partial charge in [0.15, 0.2) is 0 Å². The van der Waals surface area contributed by atoms with Crippen LogP contribution in [0.3, 0.4) is 0 Å². The number of amides is 2. The normalized spacial score (nSPS) is 19.8. The summed E-state index contributed by atoms with van der Waals surface area (Å²) in [5, 5.41) is 13.9. The van der Waals surface area contributed by atoms with Crippen LogP contribution in [0.5, 0.6) is 0 Å². The van der Waals surface area contributed by atoms with Crippen LogP contribution in [0, 0.1) is 0 Å². The molecule has 0 bridgehead atoms. The number of halogens is 3. The number of urea groups is 1. The van der Waals surface area contributed by atoms with Crippen molar-refractivity contribution in [2.45, 2.75) is 24.6 Å². The molecule has 4 nitrogen and oxygen atoms in total. The summed E-state index contributed by atoms with van der Waals surface area (Å²) >= 11 is 1.71. The lowest BCUT2D eigenvalue weighted by molar-refractivity contribution is -0.122. The molecule has 1 saturated heterocycles. The molecule has 0 aromatic heterocycles. The summed E-state index contributed by atoms with van der Waals surface area (Å²) in [4.78, 5) is 11.0. The number of alkyl halides is 3. The maximum Gasteiger partial charge on any atom is 0.405 e. The Morgan fingerprint density at radius 3 is 2.41 bits per heavy atom. The van der Waals surface area contributed by atoms with Gasteiger partial charge < -0.3 is 15.7 Å². The lowest BCUT2D eigenvalue weighted by atomic mass is 9.97. The minimum Gasteiger partial charge on any atom is -0.388 e. The first-order chi connectivity index (χ1) is 7.81. The Bertz CT molecular complexity index is 267. The van der Waals surface area contributed by atoms with Crippen molar-refractivity contribution >= 4 is 17.8 Å². The molecule has 2 amide bonds. The van der Waals surface area contributed by atoms with Crippen molar-refractivity contribution in [1.29, 1.82) is 0 Å². The quantitative estimate of drug-likeness (QED) is 0.721. The van der Waals surface area contributed by atoms with E-state index in [-0.39, 0.29) is 6.54 Å². The third kappa shape index (κ3) is 6.02. The summed E-state index contributed by atoms with van der Waals surface area (Å²) in [5.74, 6) is 1.59. The molecular formula is C9H15F3N2O2S. The van der Waals surface area contributed by atoms with Crippen LogP contribution in [0.4, 0.5) is 18.0 Å². The number of thioether (sulfide) groups is 1. The molecule has 8 heteroatoms. The predicted octanol–water partition coefficient (Wildman–Crippen LogP) is 1.11. The molecule has 17 heavy (non-hydrogen) atoms. The van der Waals surface area contributed by atoms with Crippen molar-refractivity contribution in [3.63, 3.8) is 0 Å². The number of carbonyl (C=O) groups is 1.